The first-order chi connectivity index (χ1) is 14.5. The van der Waals surface area contributed by atoms with Gasteiger partial charge in [-0.2, -0.15) is 0 Å². The molecule has 0 saturated heterocycles. The molecule has 0 aromatic heterocycles. The van der Waals surface area contributed by atoms with Crippen molar-refractivity contribution in [3.63, 3.8) is 0 Å². The summed E-state index contributed by atoms with van der Waals surface area (Å²) in [5.74, 6) is -1.35. The number of halogens is 1. The standard InChI is InChI=1S/C24H41FO5Si/c1-5-6-15-24(18-25,30-31(2,3)4)16-11-13-20-19(21(26)17-22(20)27)12-9-7-8-10-14-23(28)29/h7,9,11,13,19-20,22,27H,5-6,8,10,12,14-18H2,1-4H3,(H,28,29)/b9-7-,13-11+/t19-,20-,22-,24?/m1/s1. The smallest absolute Gasteiger partial charge is 0.303 e. The minimum Gasteiger partial charge on any atom is -0.481 e. The lowest BCUT2D eigenvalue weighted by Gasteiger charge is -2.37. The van der Waals surface area contributed by atoms with Gasteiger partial charge in [-0.1, -0.05) is 44.1 Å². The molecule has 0 heterocycles. The fourth-order valence-electron chi connectivity index (χ4n) is 4.19. The average molecular weight is 457 g/mol. The fourth-order valence-corrected chi connectivity index (χ4v) is 5.73. The van der Waals surface area contributed by atoms with Crippen molar-refractivity contribution < 1.29 is 28.6 Å². The van der Waals surface area contributed by atoms with E-state index in [2.05, 4.69) is 26.6 Å². The highest BCUT2D eigenvalue weighted by Crippen LogP contribution is 2.35. The SMILES string of the molecule is CCCCC(CF)(C/C=C/[C@H]1[C@H](O)CC(=O)[C@@H]1C/C=C\CCCC(=O)O)O[Si](C)(C)C. The average Bonchev–Trinajstić information content (AvgIpc) is 2.94. The molecular weight excluding hydrogens is 415 g/mol. The van der Waals surface area contributed by atoms with Crippen molar-refractivity contribution in [1.29, 1.82) is 0 Å². The number of ketones is 1. The first kappa shape index (κ1) is 27.7. The first-order valence-electron chi connectivity index (χ1n) is 11.5. The van der Waals surface area contributed by atoms with Gasteiger partial charge < -0.3 is 14.6 Å². The first-order valence-corrected chi connectivity index (χ1v) is 14.9. The maximum atomic E-state index is 14.1. The molecule has 1 saturated carbocycles. The summed E-state index contributed by atoms with van der Waals surface area (Å²) in [6, 6.07) is 0. The molecule has 4 atom stereocenters. The number of carboxylic acids is 1. The van der Waals surface area contributed by atoms with E-state index in [4.69, 9.17) is 9.53 Å². The molecule has 0 aromatic rings. The molecule has 31 heavy (non-hydrogen) atoms. The summed E-state index contributed by atoms with van der Waals surface area (Å²) < 4.78 is 20.4. The van der Waals surface area contributed by atoms with E-state index in [9.17, 15) is 19.1 Å². The molecule has 7 heteroatoms. The van der Waals surface area contributed by atoms with Gasteiger partial charge in [-0.3, -0.25) is 9.59 Å². The Morgan fingerprint density at radius 2 is 1.97 bits per heavy atom. The van der Waals surface area contributed by atoms with Crippen molar-refractivity contribution in [2.75, 3.05) is 6.67 Å². The fraction of sp³-hybridized carbons (Fsp3) is 0.750. The quantitative estimate of drug-likeness (QED) is 0.194. The van der Waals surface area contributed by atoms with Gasteiger partial charge in [0.2, 0.25) is 0 Å². The van der Waals surface area contributed by atoms with E-state index in [0.717, 1.165) is 12.8 Å². The Balaban J connectivity index is 2.78. The van der Waals surface area contributed by atoms with Crippen LogP contribution in [-0.2, 0) is 14.0 Å². The van der Waals surface area contributed by atoms with Gasteiger partial charge in [0, 0.05) is 24.7 Å². The van der Waals surface area contributed by atoms with Crippen LogP contribution in [0.4, 0.5) is 4.39 Å². The molecule has 0 aliphatic heterocycles. The second-order valence-electron chi connectivity index (χ2n) is 9.68. The molecule has 1 aliphatic rings. The molecule has 178 valence electrons. The number of carbonyl (C=O) groups excluding carboxylic acids is 1. The minimum absolute atomic E-state index is 0.0402. The number of aliphatic carboxylic acids is 1. The highest BCUT2D eigenvalue weighted by Gasteiger charge is 2.40. The van der Waals surface area contributed by atoms with Crippen LogP contribution in [0.5, 0.6) is 0 Å². The summed E-state index contributed by atoms with van der Waals surface area (Å²) in [5, 5.41) is 19.1. The van der Waals surface area contributed by atoms with E-state index < -0.39 is 32.7 Å². The van der Waals surface area contributed by atoms with Crippen molar-refractivity contribution in [2.24, 2.45) is 11.8 Å². The number of carbonyl (C=O) groups is 2. The monoisotopic (exact) mass is 456 g/mol. The summed E-state index contributed by atoms with van der Waals surface area (Å²) in [6.45, 7) is 7.71. The number of allylic oxidation sites excluding steroid dienone is 2. The van der Waals surface area contributed by atoms with Gasteiger partial charge in [0.05, 0.1) is 11.7 Å². The summed E-state index contributed by atoms with van der Waals surface area (Å²) in [5.41, 5.74) is -0.829. The Labute approximate surface area is 187 Å². The van der Waals surface area contributed by atoms with Crippen LogP contribution >= 0.6 is 0 Å². The summed E-state index contributed by atoms with van der Waals surface area (Å²) in [7, 11) is -1.94. The van der Waals surface area contributed by atoms with Gasteiger partial charge in [-0.05, 0) is 51.7 Å². The molecule has 1 aliphatic carbocycles. The molecule has 2 N–H and O–H groups in total. The summed E-state index contributed by atoms with van der Waals surface area (Å²) >= 11 is 0. The molecule has 5 nitrogen and oxygen atoms in total. The molecule has 1 rings (SSSR count). The third-order valence-electron chi connectivity index (χ3n) is 5.65. The van der Waals surface area contributed by atoms with Crippen LogP contribution in [0.15, 0.2) is 24.3 Å². The highest BCUT2D eigenvalue weighted by atomic mass is 28.4. The zero-order valence-electron chi connectivity index (χ0n) is 19.6. The summed E-state index contributed by atoms with van der Waals surface area (Å²) in [6.07, 6.45) is 11.8. The molecule has 0 radical (unpaired) electrons. The number of unbranched alkanes of at least 4 members (excludes halogenated alkanes) is 2. The van der Waals surface area contributed by atoms with Crippen LogP contribution in [0.2, 0.25) is 19.6 Å². The van der Waals surface area contributed by atoms with Crippen LogP contribution in [0.3, 0.4) is 0 Å². The number of carboxylic acid groups (broad SMARTS) is 1. The number of hydrogen-bond acceptors (Lipinski definition) is 4. The van der Waals surface area contributed by atoms with Crippen LogP contribution in [0.1, 0.15) is 64.7 Å². The lowest BCUT2D eigenvalue weighted by atomic mass is 9.88. The van der Waals surface area contributed by atoms with Gasteiger partial charge in [0.25, 0.3) is 0 Å². The minimum atomic E-state index is -1.94. The highest BCUT2D eigenvalue weighted by molar-refractivity contribution is 6.69. The molecule has 0 bridgehead atoms. The van der Waals surface area contributed by atoms with Gasteiger partial charge >= 0.3 is 5.97 Å². The third kappa shape index (κ3) is 10.2. The lowest BCUT2D eigenvalue weighted by Crippen LogP contribution is -2.44. The summed E-state index contributed by atoms with van der Waals surface area (Å²) in [4.78, 5) is 22.9. The normalized spacial score (nSPS) is 24.3. The van der Waals surface area contributed by atoms with Crippen LogP contribution in [-0.4, -0.2) is 48.7 Å². The third-order valence-corrected chi connectivity index (χ3v) is 6.70. The van der Waals surface area contributed by atoms with Crippen molar-refractivity contribution in [1.82, 2.24) is 0 Å². The Morgan fingerprint density at radius 3 is 2.55 bits per heavy atom. The topological polar surface area (TPSA) is 83.8 Å². The van der Waals surface area contributed by atoms with Crippen molar-refractivity contribution >= 4 is 20.1 Å². The second-order valence-corrected chi connectivity index (χ2v) is 14.1. The van der Waals surface area contributed by atoms with Gasteiger partial charge in [0.15, 0.2) is 8.32 Å². The van der Waals surface area contributed by atoms with Gasteiger partial charge in [-0.15, -0.1) is 0 Å². The predicted octanol–water partition coefficient (Wildman–Crippen LogP) is 5.45. The number of Topliss-reactive ketones (excluding diaryl/α,β-unsaturated/α-hetero) is 1. The molecule has 1 fully saturated rings. The molecule has 0 amide bonds. The molecule has 0 aromatic carbocycles. The van der Waals surface area contributed by atoms with Gasteiger partial charge in [-0.25, -0.2) is 4.39 Å². The zero-order chi connectivity index (χ0) is 23.5. The van der Waals surface area contributed by atoms with E-state index in [-0.39, 0.29) is 30.5 Å². The number of rotatable bonds is 15. The number of hydrogen-bond donors (Lipinski definition) is 2. The largest absolute Gasteiger partial charge is 0.481 e. The van der Waals surface area contributed by atoms with Crippen LogP contribution in [0.25, 0.3) is 0 Å². The zero-order valence-corrected chi connectivity index (χ0v) is 20.6. The van der Waals surface area contributed by atoms with E-state index in [1.54, 1.807) is 0 Å². The predicted molar refractivity (Wildman–Crippen MR) is 124 cm³/mol. The Kier molecular flexibility index (Phi) is 11.9. The maximum absolute atomic E-state index is 14.1. The Morgan fingerprint density at radius 1 is 1.26 bits per heavy atom. The van der Waals surface area contributed by atoms with Gasteiger partial charge in [0.1, 0.15) is 12.5 Å². The van der Waals surface area contributed by atoms with E-state index in [1.165, 1.54) is 0 Å². The van der Waals surface area contributed by atoms with Crippen LogP contribution in [0, 0.1) is 11.8 Å². The second kappa shape index (κ2) is 13.3. The van der Waals surface area contributed by atoms with E-state index in [0.29, 0.717) is 32.1 Å². The van der Waals surface area contributed by atoms with Crippen molar-refractivity contribution in [3.8, 4) is 0 Å². The maximum Gasteiger partial charge on any atom is 0.303 e. The van der Waals surface area contributed by atoms with Crippen molar-refractivity contribution in [2.45, 2.75) is 96.1 Å². The molecule has 1 unspecified atom stereocenters. The van der Waals surface area contributed by atoms with E-state index >= 15 is 0 Å². The van der Waals surface area contributed by atoms with Crippen molar-refractivity contribution in [3.05, 3.63) is 24.3 Å². The lowest BCUT2D eigenvalue weighted by molar-refractivity contribution is -0.137. The molecular formula is C24H41FO5Si. The van der Waals surface area contributed by atoms with E-state index in [1.807, 2.05) is 24.3 Å². The Bertz CT molecular complexity index is 628. The number of aliphatic hydroxyl groups excluding tert-OH is 1. The Hall–Kier alpha value is -1.31. The van der Waals surface area contributed by atoms with Crippen LogP contribution < -0.4 is 0 Å². The number of alkyl halides is 1. The number of aliphatic hydroxyl groups is 1. The molecule has 0 spiro atoms.